The van der Waals surface area contributed by atoms with Crippen molar-refractivity contribution in [3.8, 4) is 0 Å². The Balaban J connectivity index is 1.81. The van der Waals surface area contributed by atoms with Gasteiger partial charge in [0.2, 0.25) is 5.91 Å². The van der Waals surface area contributed by atoms with E-state index in [1.807, 2.05) is 17.9 Å². The number of likely N-dealkylation sites (tertiary alicyclic amines) is 1. The van der Waals surface area contributed by atoms with Gasteiger partial charge in [-0.15, -0.1) is 0 Å². The van der Waals surface area contributed by atoms with Crippen LogP contribution in [-0.2, 0) is 14.9 Å². The van der Waals surface area contributed by atoms with Gasteiger partial charge in [-0.25, -0.2) is 9.97 Å². The molecule has 7 heteroatoms. The molecule has 136 valence electrons. The van der Waals surface area contributed by atoms with Gasteiger partial charge in [-0.1, -0.05) is 6.92 Å². The lowest BCUT2D eigenvalue weighted by molar-refractivity contribution is -0.130. The van der Waals surface area contributed by atoms with Gasteiger partial charge in [0.05, 0.1) is 18.9 Å². The molecule has 0 aromatic carbocycles. The maximum atomic E-state index is 12.8. The number of aryl methyl sites for hydroxylation is 1. The largest absolute Gasteiger partial charge is 0.378 e. The van der Waals surface area contributed by atoms with Gasteiger partial charge in [-0.05, 0) is 25.8 Å². The molecule has 2 fully saturated rings. The van der Waals surface area contributed by atoms with E-state index in [1.165, 1.54) is 0 Å². The van der Waals surface area contributed by atoms with E-state index >= 15 is 0 Å². The summed E-state index contributed by atoms with van der Waals surface area (Å²) in [5.74, 6) is 0.674. The van der Waals surface area contributed by atoms with Crippen molar-refractivity contribution in [2.45, 2.75) is 39.0 Å². The van der Waals surface area contributed by atoms with Gasteiger partial charge in [0.15, 0.2) is 0 Å². The Morgan fingerprint density at radius 1 is 1.08 bits per heavy atom. The molecule has 0 N–H and O–H groups in total. The summed E-state index contributed by atoms with van der Waals surface area (Å²) in [5.41, 5.74) is 1.22. The van der Waals surface area contributed by atoms with E-state index in [2.05, 4.69) is 16.9 Å². The molecule has 0 atom stereocenters. The van der Waals surface area contributed by atoms with Crippen LogP contribution >= 0.6 is 0 Å². The molecule has 7 nitrogen and oxygen atoms in total. The number of aromatic nitrogens is 2. The minimum absolute atomic E-state index is 0.0557. The van der Waals surface area contributed by atoms with Gasteiger partial charge in [0, 0.05) is 38.5 Å². The Hall–Kier alpha value is -2.02. The third-order valence-corrected chi connectivity index (χ3v) is 5.29. The molecule has 0 saturated carbocycles. The standard InChI is InChI=1S/C18H26N4O3/c1-13-19-15(17(24)22-8-10-25-11-9-22)12-16(20-13)18(3)4-6-21(7-5-18)14(2)23/h12H,4-11H2,1-3H3. The second-order valence-corrected chi connectivity index (χ2v) is 7.16. The van der Waals surface area contributed by atoms with E-state index in [0.29, 0.717) is 37.8 Å². The minimum atomic E-state index is -0.139. The summed E-state index contributed by atoms with van der Waals surface area (Å²) in [5, 5.41) is 0. The number of nitrogens with zero attached hydrogens (tertiary/aromatic N) is 4. The predicted molar refractivity (Wildman–Crippen MR) is 92.3 cm³/mol. The topological polar surface area (TPSA) is 75.6 Å². The van der Waals surface area contributed by atoms with Crippen molar-refractivity contribution in [3.63, 3.8) is 0 Å². The molecule has 25 heavy (non-hydrogen) atoms. The van der Waals surface area contributed by atoms with Gasteiger partial charge in [-0.2, -0.15) is 0 Å². The number of piperidine rings is 1. The predicted octanol–water partition coefficient (Wildman–Crippen LogP) is 1.16. The molecule has 1 aromatic heterocycles. The van der Waals surface area contributed by atoms with Crippen molar-refractivity contribution in [3.05, 3.63) is 23.3 Å². The lowest BCUT2D eigenvalue weighted by atomic mass is 9.77. The number of morpholine rings is 1. The maximum absolute atomic E-state index is 12.8. The quantitative estimate of drug-likeness (QED) is 0.803. The van der Waals surface area contributed by atoms with Crippen LogP contribution in [0.1, 0.15) is 48.7 Å². The Bertz CT molecular complexity index is 662. The van der Waals surface area contributed by atoms with Gasteiger partial charge in [0.1, 0.15) is 11.5 Å². The van der Waals surface area contributed by atoms with Crippen LogP contribution in [-0.4, -0.2) is 71.0 Å². The Morgan fingerprint density at radius 2 is 1.72 bits per heavy atom. The molecule has 3 rings (SSSR count). The summed E-state index contributed by atoms with van der Waals surface area (Å²) in [4.78, 5) is 37.0. The lowest BCUT2D eigenvalue weighted by Crippen LogP contribution is -2.44. The molecule has 2 aliphatic heterocycles. The summed E-state index contributed by atoms with van der Waals surface area (Å²) < 4.78 is 5.31. The summed E-state index contributed by atoms with van der Waals surface area (Å²) >= 11 is 0. The van der Waals surface area contributed by atoms with Gasteiger partial charge in [0.25, 0.3) is 5.91 Å². The minimum Gasteiger partial charge on any atom is -0.378 e. The number of hydrogen-bond acceptors (Lipinski definition) is 5. The number of ether oxygens (including phenoxy) is 1. The SMILES string of the molecule is CC(=O)N1CCC(C)(c2cc(C(=O)N3CCOCC3)nc(C)n2)CC1. The van der Waals surface area contributed by atoms with E-state index in [-0.39, 0.29) is 17.2 Å². The number of rotatable bonds is 2. The molecule has 0 spiro atoms. The van der Waals surface area contributed by atoms with Crippen molar-refractivity contribution in [2.75, 3.05) is 39.4 Å². The van der Waals surface area contributed by atoms with Gasteiger partial charge in [-0.3, -0.25) is 9.59 Å². The van der Waals surface area contributed by atoms with E-state index < -0.39 is 0 Å². The summed E-state index contributed by atoms with van der Waals surface area (Å²) in [6, 6.07) is 1.84. The highest BCUT2D eigenvalue weighted by Crippen LogP contribution is 2.34. The van der Waals surface area contributed by atoms with Crippen molar-refractivity contribution < 1.29 is 14.3 Å². The fourth-order valence-electron chi connectivity index (χ4n) is 3.49. The van der Waals surface area contributed by atoms with Crippen LogP contribution in [0.5, 0.6) is 0 Å². The second kappa shape index (κ2) is 7.07. The first-order valence-corrected chi connectivity index (χ1v) is 8.88. The van der Waals surface area contributed by atoms with E-state index in [4.69, 9.17) is 4.74 Å². The van der Waals surface area contributed by atoms with Crippen LogP contribution in [0.15, 0.2) is 6.07 Å². The first-order valence-electron chi connectivity index (χ1n) is 8.88. The van der Waals surface area contributed by atoms with Crippen LogP contribution < -0.4 is 0 Å². The molecule has 2 aliphatic rings. The summed E-state index contributed by atoms with van der Waals surface area (Å²) in [7, 11) is 0. The number of carbonyl (C=O) groups excluding carboxylic acids is 2. The monoisotopic (exact) mass is 346 g/mol. The lowest BCUT2D eigenvalue weighted by Gasteiger charge is -2.39. The number of amides is 2. The Morgan fingerprint density at radius 3 is 2.32 bits per heavy atom. The van der Waals surface area contributed by atoms with Crippen LogP contribution in [0.3, 0.4) is 0 Å². The Kier molecular flexibility index (Phi) is 5.03. The third kappa shape index (κ3) is 3.81. The van der Waals surface area contributed by atoms with Crippen LogP contribution in [0.2, 0.25) is 0 Å². The van der Waals surface area contributed by atoms with E-state index in [1.54, 1.807) is 11.8 Å². The third-order valence-electron chi connectivity index (χ3n) is 5.29. The molecule has 0 radical (unpaired) electrons. The molecule has 0 unspecified atom stereocenters. The highest BCUT2D eigenvalue weighted by atomic mass is 16.5. The zero-order valence-electron chi connectivity index (χ0n) is 15.2. The number of carbonyl (C=O) groups is 2. The highest BCUT2D eigenvalue weighted by molar-refractivity contribution is 5.92. The molecule has 1 aromatic rings. The molecule has 0 aliphatic carbocycles. The summed E-state index contributed by atoms with van der Waals surface area (Å²) in [6.07, 6.45) is 1.68. The molecular weight excluding hydrogens is 320 g/mol. The zero-order chi connectivity index (χ0) is 18.0. The molecule has 2 amide bonds. The van der Waals surface area contributed by atoms with Gasteiger partial charge < -0.3 is 14.5 Å². The average molecular weight is 346 g/mol. The van der Waals surface area contributed by atoms with Gasteiger partial charge >= 0.3 is 0 Å². The highest BCUT2D eigenvalue weighted by Gasteiger charge is 2.35. The average Bonchev–Trinajstić information content (AvgIpc) is 2.61. The first kappa shape index (κ1) is 17.8. The smallest absolute Gasteiger partial charge is 0.272 e. The van der Waals surface area contributed by atoms with E-state index in [9.17, 15) is 9.59 Å². The molecule has 2 saturated heterocycles. The zero-order valence-corrected chi connectivity index (χ0v) is 15.2. The van der Waals surface area contributed by atoms with Crippen LogP contribution in [0.25, 0.3) is 0 Å². The molecule has 0 bridgehead atoms. The fraction of sp³-hybridized carbons (Fsp3) is 0.667. The normalized spacial score (nSPS) is 20.4. The Labute approximate surface area is 148 Å². The van der Waals surface area contributed by atoms with Crippen LogP contribution in [0, 0.1) is 6.92 Å². The molecule has 3 heterocycles. The van der Waals surface area contributed by atoms with Crippen molar-refractivity contribution in [1.82, 2.24) is 19.8 Å². The maximum Gasteiger partial charge on any atom is 0.272 e. The molecular formula is C18H26N4O3. The van der Waals surface area contributed by atoms with Crippen LogP contribution in [0.4, 0.5) is 0 Å². The number of hydrogen-bond donors (Lipinski definition) is 0. The fourth-order valence-corrected chi connectivity index (χ4v) is 3.49. The first-order chi connectivity index (χ1) is 11.9. The summed E-state index contributed by atoms with van der Waals surface area (Å²) in [6.45, 7) is 9.38. The van der Waals surface area contributed by atoms with Crippen molar-refractivity contribution in [1.29, 1.82) is 0 Å². The van der Waals surface area contributed by atoms with E-state index in [0.717, 1.165) is 31.6 Å². The van der Waals surface area contributed by atoms with Crippen molar-refractivity contribution >= 4 is 11.8 Å². The second-order valence-electron chi connectivity index (χ2n) is 7.16. The van der Waals surface area contributed by atoms with Crippen molar-refractivity contribution in [2.24, 2.45) is 0 Å².